The maximum atomic E-state index is 12.1. The number of carbonyl (C=O) groups excluding carboxylic acids is 1. The Labute approximate surface area is 161 Å². The number of benzene rings is 1. The lowest BCUT2D eigenvalue weighted by molar-refractivity contribution is -0.117. The molecule has 3 N–H and O–H groups in total. The molecule has 0 saturated carbocycles. The first-order valence-corrected chi connectivity index (χ1v) is 10.5. The third-order valence-electron chi connectivity index (χ3n) is 3.88. The molecule has 0 aliphatic rings. The van der Waals surface area contributed by atoms with E-state index in [2.05, 4.69) is 27.4 Å². The van der Waals surface area contributed by atoms with E-state index >= 15 is 0 Å². The van der Waals surface area contributed by atoms with Crippen LogP contribution in [-0.4, -0.2) is 33.9 Å². The van der Waals surface area contributed by atoms with E-state index < -0.39 is 6.04 Å². The van der Waals surface area contributed by atoms with Crippen molar-refractivity contribution in [1.82, 2.24) is 9.97 Å². The minimum absolute atomic E-state index is 0.189. The third kappa shape index (κ3) is 4.69. The van der Waals surface area contributed by atoms with Gasteiger partial charge in [-0.1, -0.05) is 18.2 Å². The van der Waals surface area contributed by atoms with Crippen LogP contribution < -0.4 is 11.1 Å². The minimum Gasteiger partial charge on any atom is -0.320 e. The van der Waals surface area contributed by atoms with E-state index in [-0.39, 0.29) is 5.91 Å². The molecule has 0 bridgehead atoms. The van der Waals surface area contributed by atoms with Gasteiger partial charge in [-0.25, -0.2) is 4.98 Å². The van der Waals surface area contributed by atoms with Crippen LogP contribution in [0.25, 0.3) is 22.4 Å². The van der Waals surface area contributed by atoms with Crippen molar-refractivity contribution in [2.45, 2.75) is 12.5 Å². The SMILES string of the molecule is CSCC[C@H](N)C(=O)Nc1nc(-c2cccc(-c3ccncc3)c2)cs1. The zero-order chi connectivity index (χ0) is 18.4. The number of rotatable bonds is 7. The van der Waals surface area contributed by atoms with Crippen LogP contribution in [0.15, 0.2) is 54.2 Å². The predicted octanol–water partition coefficient (Wildman–Crippen LogP) is 3.89. The van der Waals surface area contributed by atoms with Gasteiger partial charge in [0, 0.05) is 23.3 Å². The van der Waals surface area contributed by atoms with E-state index in [1.54, 1.807) is 24.2 Å². The van der Waals surface area contributed by atoms with Crippen LogP contribution in [0.2, 0.25) is 0 Å². The Hall–Kier alpha value is -2.22. The number of anilines is 1. The van der Waals surface area contributed by atoms with Gasteiger partial charge < -0.3 is 11.1 Å². The predicted molar refractivity (Wildman–Crippen MR) is 110 cm³/mol. The molecule has 134 valence electrons. The summed E-state index contributed by atoms with van der Waals surface area (Å²) in [4.78, 5) is 20.7. The molecule has 3 rings (SSSR count). The molecule has 0 fully saturated rings. The quantitative estimate of drug-likeness (QED) is 0.646. The molecule has 26 heavy (non-hydrogen) atoms. The summed E-state index contributed by atoms with van der Waals surface area (Å²) in [6.45, 7) is 0. The summed E-state index contributed by atoms with van der Waals surface area (Å²) in [7, 11) is 0. The smallest absolute Gasteiger partial charge is 0.243 e. The van der Waals surface area contributed by atoms with Crippen LogP contribution in [0.1, 0.15) is 6.42 Å². The fourth-order valence-corrected chi connectivity index (χ4v) is 3.65. The second-order valence-corrected chi connectivity index (χ2v) is 7.58. The fraction of sp³-hybridized carbons (Fsp3) is 0.211. The molecule has 7 heteroatoms. The van der Waals surface area contributed by atoms with Gasteiger partial charge in [0.15, 0.2) is 5.13 Å². The standard InChI is InChI=1S/C19H20N4OS2/c1-25-10-7-16(20)18(24)23-19-22-17(12-26-19)15-4-2-3-14(11-15)13-5-8-21-9-6-13/h2-6,8-9,11-12,16H,7,10,20H2,1H3,(H,22,23,24)/t16-/m0/s1. The molecule has 1 amide bonds. The van der Waals surface area contributed by atoms with Gasteiger partial charge in [-0.3, -0.25) is 9.78 Å². The van der Waals surface area contributed by atoms with Crippen LogP contribution in [0.3, 0.4) is 0 Å². The van der Waals surface area contributed by atoms with Crippen molar-refractivity contribution in [3.63, 3.8) is 0 Å². The first kappa shape index (κ1) is 18.6. The molecule has 0 radical (unpaired) electrons. The maximum Gasteiger partial charge on any atom is 0.243 e. The summed E-state index contributed by atoms with van der Waals surface area (Å²) in [5, 5.41) is 5.32. The monoisotopic (exact) mass is 384 g/mol. The fourth-order valence-electron chi connectivity index (χ4n) is 2.44. The van der Waals surface area contributed by atoms with Gasteiger partial charge in [0.2, 0.25) is 5.91 Å². The van der Waals surface area contributed by atoms with Gasteiger partial charge in [0.05, 0.1) is 11.7 Å². The van der Waals surface area contributed by atoms with Crippen LogP contribution in [0, 0.1) is 0 Å². The lowest BCUT2D eigenvalue weighted by Gasteiger charge is -2.09. The summed E-state index contributed by atoms with van der Waals surface area (Å²) in [6.07, 6.45) is 6.20. The number of carbonyl (C=O) groups is 1. The molecule has 0 aliphatic heterocycles. The van der Waals surface area contributed by atoms with Gasteiger partial charge in [0.25, 0.3) is 0 Å². The molecular formula is C19H20N4OS2. The van der Waals surface area contributed by atoms with Gasteiger partial charge in [-0.15, -0.1) is 11.3 Å². The van der Waals surface area contributed by atoms with Gasteiger partial charge in [-0.05, 0) is 47.8 Å². The Balaban J connectivity index is 1.73. The summed E-state index contributed by atoms with van der Waals surface area (Å²) >= 11 is 3.08. The molecule has 0 unspecified atom stereocenters. The highest BCUT2D eigenvalue weighted by Crippen LogP contribution is 2.28. The zero-order valence-electron chi connectivity index (χ0n) is 14.4. The van der Waals surface area contributed by atoms with Crippen LogP contribution in [0.5, 0.6) is 0 Å². The number of pyridine rings is 1. The van der Waals surface area contributed by atoms with Crippen molar-refractivity contribution in [2.75, 3.05) is 17.3 Å². The number of nitrogens with zero attached hydrogens (tertiary/aromatic N) is 2. The number of aromatic nitrogens is 2. The highest BCUT2D eigenvalue weighted by atomic mass is 32.2. The van der Waals surface area contributed by atoms with E-state index in [0.717, 1.165) is 28.1 Å². The third-order valence-corrected chi connectivity index (χ3v) is 5.28. The van der Waals surface area contributed by atoms with E-state index in [1.165, 1.54) is 11.3 Å². The molecule has 0 saturated heterocycles. The van der Waals surface area contributed by atoms with E-state index in [1.807, 2.05) is 35.9 Å². The molecule has 0 aliphatic carbocycles. The average Bonchev–Trinajstić information content (AvgIpc) is 3.15. The lowest BCUT2D eigenvalue weighted by Crippen LogP contribution is -2.36. The summed E-state index contributed by atoms with van der Waals surface area (Å²) < 4.78 is 0. The number of nitrogens with two attached hydrogens (primary N) is 1. The molecule has 2 aromatic heterocycles. The average molecular weight is 385 g/mol. The van der Waals surface area contributed by atoms with Crippen molar-refractivity contribution in [1.29, 1.82) is 0 Å². The second kappa shape index (κ2) is 8.93. The summed E-state index contributed by atoms with van der Waals surface area (Å²) in [6, 6.07) is 11.6. The van der Waals surface area contributed by atoms with Gasteiger partial charge >= 0.3 is 0 Å². The number of hydrogen-bond donors (Lipinski definition) is 2. The van der Waals surface area contributed by atoms with Crippen molar-refractivity contribution < 1.29 is 4.79 Å². The van der Waals surface area contributed by atoms with Crippen molar-refractivity contribution in [2.24, 2.45) is 5.73 Å². The number of thioether (sulfide) groups is 1. The number of thiazole rings is 1. The molecule has 1 atom stereocenters. The largest absolute Gasteiger partial charge is 0.320 e. The summed E-state index contributed by atoms with van der Waals surface area (Å²) in [5.74, 6) is 0.671. The molecule has 1 aromatic carbocycles. The summed E-state index contributed by atoms with van der Waals surface area (Å²) in [5.41, 5.74) is 9.94. The van der Waals surface area contributed by atoms with Crippen molar-refractivity contribution in [3.05, 3.63) is 54.2 Å². The normalized spacial score (nSPS) is 11.9. The van der Waals surface area contributed by atoms with Crippen molar-refractivity contribution in [3.8, 4) is 22.4 Å². The number of amides is 1. The first-order valence-electron chi connectivity index (χ1n) is 8.19. The highest BCUT2D eigenvalue weighted by Gasteiger charge is 2.15. The Bertz CT molecular complexity index is 867. The van der Waals surface area contributed by atoms with E-state index in [0.29, 0.717) is 11.6 Å². The Morgan fingerprint density at radius 3 is 2.77 bits per heavy atom. The maximum absolute atomic E-state index is 12.1. The first-order chi connectivity index (χ1) is 12.7. The topological polar surface area (TPSA) is 80.9 Å². The van der Waals surface area contributed by atoms with E-state index in [4.69, 9.17) is 5.73 Å². The van der Waals surface area contributed by atoms with Crippen LogP contribution in [0.4, 0.5) is 5.13 Å². The lowest BCUT2D eigenvalue weighted by atomic mass is 10.0. The molecular weight excluding hydrogens is 364 g/mol. The molecule has 2 heterocycles. The minimum atomic E-state index is -0.509. The van der Waals surface area contributed by atoms with Gasteiger partial charge in [0.1, 0.15) is 0 Å². The van der Waals surface area contributed by atoms with E-state index in [9.17, 15) is 4.79 Å². The molecule has 3 aromatic rings. The highest BCUT2D eigenvalue weighted by molar-refractivity contribution is 7.98. The number of nitrogens with one attached hydrogen (secondary N) is 1. The van der Waals surface area contributed by atoms with Crippen LogP contribution >= 0.6 is 23.1 Å². The molecule has 5 nitrogen and oxygen atoms in total. The Morgan fingerprint density at radius 1 is 1.23 bits per heavy atom. The zero-order valence-corrected chi connectivity index (χ0v) is 16.0. The van der Waals surface area contributed by atoms with Gasteiger partial charge in [-0.2, -0.15) is 11.8 Å². The number of hydrogen-bond acceptors (Lipinski definition) is 6. The van der Waals surface area contributed by atoms with Crippen LogP contribution in [-0.2, 0) is 4.79 Å². The van der Waals surface area contributed by atoms with Crippen molar-refractivity contribution >= 4 is 34.1 Å². The Morgan fingerprint density at radius 2 is 2.00 bits per heavy atom. The Kier molecular flexibility index (Phi) is 6.38. The molecule has 0 spiro atoms. The second-order valence-electron chi connectivity index (χ2n) is 5.73.